The van der Waals surface area contributed by atoms with Crippen molar-refractivity contribution in [1.29, 1.82) is 0 Å². The number of halogens is 1. The van der Waals surface area contributed by atoms with Crippen LogP contribution in [-0.4, -0.2) is 80.9 Å². The van der Waals surface area contributed by atoms with Crippen molar-refractivity contribution in [1.82, 2.24) is 20.4 Å². The van der Waals surface area contributed by atoms with Crippen LogP contribution in [0.4, 0.5) is 4.79 Å². The van der Waals surface area contributed by atoms with Crippen molar-refractivity contribution in [3.63, 3.8) is 0 Å². The number of aliphatic imine (C=N–C) groups is 1. The summed E-state index contributed by atoms with van der Waals surface area (Å²) < 4.78 is 10.8. The maximum Gasteiger partial charge on any atom is 0.410 e. The van der Waals surface area contributed by atoms with Gasteiger partial charge in [0, 0.05) is 53.4 Å². The summed E-state index contributed by atoms with van der Waals surface area (Å²) in [6.45, 7) is 11.8. The number of rotatable bonds is 7. The highest BCUT2D eigenvalue weighted by molar-refractivity contribution is 14.0. The van der Waals surface area contributed by atoms with E-state index >= 15 is 0 Å². The van der Waals surface area contributed by atoms with E-state index in [0.717, 1.165) is 32.8 Å². The molecule has 0 aliphatic carbocycles. The fourth-order valence-corrected chi connectivity index (χ4v) is 3.06. The normalized spacial score (nSPS) is 15.1. The van der Waals surface area contributed by atoms with E-state index in [1.54, 1.807) is 19.0 Å². The second kappa shape index (κ2) is 13.7. The van der Waals surface area contributed by atoms with Gasteiger partial charge in [-0.3, -0.25) is 9.89 Å². The quantitative estimate of drug-likeness (QED) is 0.311. The molecule has 2 N–H and O–H groups in total. The van der Waals surface area contributed by atoms with Crippen LogP contribution in [-0.2, 0) is 22.6 Å². The maximum absolute atomic E-state index is 12.0. The minimum atomic E-state index is -0.495. The van der Waals surface area contributed by atoms with Crippen LogP contribution >= 0.6 is 24.0 Å². The van der Waals surface area contributed by atoms with E-state index in [1.807, 2.05) is 20.8 Å². The van der Waals surface area contributed by atoms with Gasteiger partial charge >= 0.3 is 6.09 Å². The van der Waals surface area contributed by atoms with E-state index in [4.69, 9.17) is 9.47 Å². The molecule has 0 radical (unpaired) electrons. The van der Waals surface area contributed by atoms with Crippen molar-refractivity contribution in [2.45, 2.75) is 39.5 Å². The number of carbonyl (C=O) groups excluding carboxylic acids is 1. The summed E-state index contributed by atoms with van der Waals surface area (Å²) in [5.41, 5.74) is 2.06. The maximum atomic E-state index is 12.0. The van der Waals surface area contributed by atoms with Crippen LogP contribution in [0.25, 0.3) is 0 Å². The van der Waals surface area contributed by atoms with Crippen molar-refractivity contribution >= 4 is 36.0 Å². The van der Waals surface area contributed by atoms with Crippen LogP contribution in [0.1, 0.15) is 31.9 Å². The van der Waals surface area contributed by atoms with E-state index in [9.17, 15) is 4.79 Å². The lowest BCUT2D eigenvalue weighted by Crippen LogP contribution is -2.43. The van der Waals surface area contributed by atoms with Gasteiger partial charge in [0.2, 0.25) is 0 Å². The summed E-state index contributed by atoms with van der Waals surface area (Å²) in [6.07, 6.45) is -0.329. The van der Waals surface area contributed by atoms with Crippen LogP contribution in [0.3, 0.4) is 0 Å². The van der Waals surface area contributed by atoms with Gasteiger partial charge in [0.25, 0.3) is 0 Å². The summed E-state index contributed by atoms with van der Waals surface area (Å²) in [7, 11) is 3.47. The van der Waals surface area contributed by atoms with E-state index in [2.05, 4.69) is 44.8 Å². The van der Waals surface area contributed by atoms with Crippen molar-refractivity contribution in [2.75, 3.05) is 53.5 Å². The van der Waals surface area contributed by atoms with Crippen LogP contribution in [0.5, 0.6) is 0 Å². The number of nitrogens with one attached hydrogen (secondary N) is 2. The number of hydrogen-bond donors (Lipinski definition) is 2. The average molecular weight is 547 g/mol. The van der Waals surface area contributed by atoms with Gasteiger partial charge in [-0.1, -0.05) is 24.3 Å². The third-order valence-electron chi connectivity index (χ3n) is 4.73. The van der Waals surface area contributed by atoms with Crippen LogP contribution < -0.4 is 10.6 Å². The molecular weight excluding hydrogens is 509 g/mol. The molecule has 0 bridgehead atoms. The molecule has 1 heterocycles. The summed E-state index contributed by atoms with van der Waals surface area (Å²) in [5, 5.41) is 6.62. The monoisotopic (exact) mass is 547 g/mol. The molecule has 176 valence electrons. The first kappa shape index (κ1) is 27.4. The highest BCUT2D eigenvalue weighted by Gasteiger charge is 2.19. The Kier molecular flexibility index (Phi) is 12.2. The first-order chi connectivity index (χ1) is 14.3. The Morgan fingerprint density at radius 1 is 1.19 bits per heavy atom. The number of benzene rings is 1. The number of guanidine groups is 1. The molecule has 8 nitrogen and oxygen atoms in total. The SMILES string of the molecule is CN=C(NCCN(C)C(=O)OC(C)(C)C)NCc1ccccc1CN1CCOCC1.I. The first-order valence-electron chi connectivity index (χ1n) is 10.5. The summed E-state index contributed by atoms with van der Waals surface area (Å²) in [4.78, 5) is 20.3. The van der Waals surface area contributed by atoms with E-state index in [0.29, 0.717) is 25.6 Å². The minimum absolute atomic E-state index is 0. The number of ether oxygens (including phenoxy) is 2. The third-order valence-corrected chi connectivity index (χ3v) is 4.73. The largest absolute Gasteiger partial charge is 0.444 e. The van der Waals surface area contributed by atoms with Crippen molar-refractivity contribution in [2.24, 2.45) is 4.99 Å². The Bertz CT molecular complexity index is 703. The lowest BCUT2D eigenvalue weighted by molar-refractivity contribution is 0.0302. The zero-order valence-electron chi connectivity index (χ0n) is 19.4. The zero-order chi connectivity index (χ0) is 22.0. The fraction of sp³-hybridized carbons (Fsp3) is 0.636. The predicted molar refractivity (Wildman–Crippen MR) is 135 cm³/mol. The van der Waals surface area contributed by atoms with Gasteiger partial charge < -0.3 is 25.0 Å². The van der Waals surface area contributed by atoms with Gasteiger partial charge in [0.05, 0.1) is 13.2 Å². The molecule has 1 amide bonds. The Morgan fingerprint density at radius 3 is 2.45 bits per heavy atom. The van der Waals surface area contributed by atoms with Crippen molar-refractivity contribution < 1.29 is 14.3 Å². The number of likely N-dealkylation sites (N-methyl/N-ethyl adjacent to an activating group) is 1. The highest BCUT2D eigenvalue weighted by Crippen LogP contribution is 2.13. The molecule has 1 saturated heterocycles. The standard InChI is InChI=1S/C22H37N5O3.HI/c1-22(2,3)30-21(28)26(5)11-10-24-20(23-4)25-16-18-8-6-7-9-19(18)17-27-12-14-29-15-13-27;/h6-9H,10-17H2,1-5H3,(H2,23,24,25);1H. The smallest absolute Gasteiger partial charge is 0.410 e. The van der Waals surface area contributed by atoms with Crippen molar-refractivity contribution in [3.8, 4) is 0 Å². The highest BCUT2D eigenvalue weighted by atomic mass is 127. The van der Waals surface area contributed by atoms with Crippen LogP contribution in [0, 0.1) is 0 Å². The van der Waals surface area contributed by atoms with Crippen LogP contribution in [0.15, 0.2) is 29.3 Å². The number of amides is 1. The van der Waals surface area contributed by atoms with Gasteiger partial charge in [-0.2, -0.15) is 0 Å². The van der Waals surface area contributed by atoms with E-state index in [1.165, 1.54) is 11.1 Å². The third kappa shape index (κ3) is 10.5. The molecule has 2 rings (SSSR count). The molecule has 0 unspecified atom stereocenters. The molecule has 0 aromatic heterocycles. The summed E-state index contributed by atoms with van der Waals surface area (Å²) in [5.74, 6) is 0.703. The van der Waals surface area contributed by atoms with Gasteiger partial charge in [0.1, 0.15) is 5.60 Å². The Morgan fingerprint density at radius 2 is 1.84 bits per heavy atom. The van der Waals surface area contributed by atoms with Crippen LogP contribution in [0.2, 0.25) is 0 Å². The van der Waals surface area contributed by atoms with E-state index in [-0.39, 0.29) is 30.1 Å². The summed E-state index contributed by atoms with van der Waals surface area (Å²) >= 11 is 0. The topological polar surface area (TPSA) is 78.4 Å². The van der Waals surface area contributed by atoms with Gasteiger partial charge in [-0.25, -0.2) is 4.79 Å². The molecule has 0 spiro atoms. The molecule has 31 heavy (non-hydrogen) atoms. The first-order valence-corrected chi connectivity index (χ1v) is 10.5. The number of carbonyl (C=O) groups is 1. The number of nitrogens with zero attached hydrogens (tertiary/aromatic N) is 3. The number of hydrogen-bond acceptors (Lipinski definition) is 5. The second-order valence-electron chi connectivity index (χ2n) is 8.41. The number of morpholine rings is 1. The average Bonchev–Trinajstić information content (AvgIpc) is 2.71. The second-order valence-corrected chi connectivity index (χ2v) is 8.41. The molecule has 0 saturated carbocycles. The summed E-state index contributed by atoms with van der Waals surface area (Å²) in [6, 6.07) is 8.47. The molecule has 9 heteroatoms. The molecule has 1 aromatic carbocycles. The zero-order valence-corrected chi connectivity index (χ0v) is 21.8. The molecule has 1 aliphatic rings. The lowest BCUT2D eigenvalue weighted by atomic mass is 10.1. The lowest BCUT2D eigenvalue weighted by Gasteiger charge is -2.27. The Hall–Kier alpha value is -1.59. The van der Waals surface area contributed by atoms with Gasteiger partial charge in [-0.15, -0.1) is 24.0 Å². The molecule has 1 aliphatic heterocycles. The predicted octanol–water partition coefficient (Wildman–Crippen LogP) is 2.67. The molecule has 0 atom stereocenters. The van der Waals surface area contributed by atoms with Gasteiger partial charge in [0.15, 0.2) is 5.96 Å². The van der Waals surface area contributed by atoms with Crippen molar-refractivity contribution in [3.05, 3.63) is 35.4 Å². The van der Waals surface area contributed by atoms with E-state index < -0.39 is 5.60 Å². The van der Waals surface area contributed by atoms with Gasteiger partial charge in [-0.05, 0) is 31.9 Å². The minimum Gasteiger partial charge on any atom is -0.444 e. The molecule has 1 fully saturated rings. The molecule has 1 aromatic rings. The Balaban J connectivity index is 0.00000480. The fourth-order valence-electron chi connectivity index (χ4n) is 3.06. The Labute approximate surface area is 203 Å². The molecular formula is C22H38IN5O3.